The Morgan fingerprint density at radius 2 is 1.56 bits per heavy atom. The van der Waals surface area contributed by atoms with E-state index < -0.39 is 0 Å². The van der Waals surface area contributed by atoms with E-state index in [1.165, 1.54) is 0 Å². The van der Waals surface area contributed by atoms with E-state index >= 15 is 0 Å². The molecular weight excluding hydrogens is 456 g/mol. The van der Waals surface area contributed by atoms with Crippen LogP contribution in [0.4, 0.5) is 17.3 Å². The molecule has 3 aromatic rings. The van der Waals surface area contributed by atoms with Crippen LogP contribution in [0.15, 0.2) is 42.7 Å². The van der Waals surface area contributed by atoms with E-state index in [9.17, 15) is 0 Å². The van der Waals surface area contributed by atoms with Gasteiger partial charge in [-0.05, 0) is 43.9 Å². The van der Waals surface area contributed by atoms with Gasteiger partial charge in [-0.15, -0.1) is 0 Å². The molecule has 2 aliphatic heterocycles. The van der Waals surface area contributed by atoms with Crippen LogP contribution in [0.2, 0.25) is 0 Å². The second-order valence-corrected chi connectivity index (χ2v) is 9.68. The quantitative estimate of drug-likeness (QED) is 0.558. The molecule has 0 bridgehead atoms. The molecule has 0 radical (unpaired) electrons. The molecule has 0 atom stereocenters. The second-order valence-electron chi connectivity index (χ2n) is 9.68. The standard InChI is InChI=1S/C27H34N6O3/c1-2-25(31-26(3-1)33-12-16-35-17-13-33)30-20-4-6-22(7-5-20)36-24-19-21(32-10-14-34-15-11-32)18-23-27(24)29-9-8-28-23/h1-3,8-9,18-20,22H,4-7,10-17H2,(H,30,31)/t20-,22+. The van der Waals surface area contributed by atoms with Gasteiger partial charge >= 0.3 is 0 Å². The van der Waals surface area contributed by atoms with Gasteiger partial charge in [-0.3, -0.25) is 4.98 Å². The van der Waals surface area contributed by atoms with Gasteiger partial charge < -0.3 is 29.3 Å². The molecule has 3 fully saturated rings. The molecule has 2 aromatic heterocycles. The fourth-order valence-electron chi connectivity index (χ4n) is 5.31. The smallest absolute Gasteiger partial charge is 0.149 e. The molecule has 1 saturated carbocycles. The molecular formula is C27H34N6O3. The maximum Gasteiger partial charge on any atom is 0.149 e. The molecule has 1 aliphatic carbocycles. The Morgan fingerprint density at radius 1 is 0.833 bits per heavy atom. The largest absolute Gasteiger partial charge is 0.488 e. The fourth-order valence-corrected chi connectivity index (χ4v) is 5.31. The van der Waals surface area contributed by atoms with Gasteiger partial charge in [-0.2, -0.15) is 0 Å². The molecule has 1 aromatic carbocycles. The van der Waals surface area contributed by atoms with E-state index in [0.29, 0.717) is 6.04 Å². The minimum absolute atomic E-state index is 0.167. The minimum Gasteiger partial charge on any atom is -0.488 e. The molecule has 190 valence electrons. The first kappa shape index (κ1) is 23.2. The number of nitrogens with one attached hydrogen (secondary N) is 1. The number of hydrogen-bond donors (Lipinski definition) is 1. The minimum atomic E-state index is 0.167. The van der Waals surface area contributed by atoms with Crippen molar-refractivity contribution >= 4 is 28.4 Å². The highest BCUT2D eigenvalue weighted by Crippen LogP contribution is 2.33. The maximum atomic E-state index is 6.57. The molecule has 6 rings (SSSR count). The molecule has 9 heteroatoms. The summed E-state index contributed by atoms with van der Waals surface area (Å²) in [6, 6.07) is 10.9. The number of rotatable bonds is 6. The van der Waals surface area contributed by atoms with Crippen LogP contribution >= 0.6 is 0 Å². The summed E-state index contributed by atoms with van der Waals surface area (Å²) in [7, 11) is 0. The lowest BCUT2D eigenvalue weighted by molar-refractivity contribution is 0.122. The van der Waals surface area contributed by atoms with Crippen LogP contribution in [-0.2, 0) is 9.47 Å². The van der Waals surface area contributed by atoms with Crippen molar-refractivity contribution in [1.82, 2.24) is 15.0 Å². The predicted molar refractivity (Wildman–Crippen MR) is 140 cm³/mol. The highest BCUT2D eigenvalue weighted by atomic mass is 16.5. The third-order valence-electron chi connectivity index (χ3n) is 7.29. The number of ether oxygens (including phenoxy) is 3. The monoisotopic (exact) mass is 490 g/mol. The number of aromatic nitrogens is 3. The number of nitrogens with zero attached hydrogens (tertiary/aromatic N) is 5. The van der Waals surface area contributed by atoms with E-state index in [1.54, 1.807) is 12.4 Å². The molecule has 3 aliphatic rings. The molecule has 36 heavy (non-hydrogen) atoms. The Morgan fingerprint density at radius 3 is 2.33 bits per heavy atom. The van der Waals surface area contributed by atoms with Crippen LogP contribution < -0.4 is 19.9 Å². The molecule has 0 unspecified atom stereocenters. The van der Waals surface area contributed by atoms with E-state index in [-0.39, 0.29) is 6.10 Å². The normalized spacial score (nSPS) is 23.0. The summed E-state index contributed by atoms with van der Waals surface area (Å²) in [5, 5.41) is 3.66. The van der Waals surface area contributed by atoms with Gasteiger partial charge in [-0.25, -0.2) is 9.97 Å². The number of pyridine rings is 1. The molecule has 0 spiro atoms. The molecule has 0 amide bonds. The van der Waals surface area contributed by atoms with Crippen LogP contribution in [0.3, 0.4) is 0 Å². The number of hydrogen-bond acceptors (Lipinski definition) is 9. The van der Waals surface area contributed by atoms with E-state index in [4.69, 9.17) is 19.2 Å². The van der Waals surface area contributed by atoms with Gasteiger partial charge in [0.2, 0.25) is 0 Å². The average molecular weight is 491 g/mol. The second kappa shape index (κ2) is 10.8. The van der Waals surface area contributed by atoms with Crippen LogP contribution in [0.25, 0.3) is 11.0 Å². The Kier molecular flexibility index (Phi) is 7.00. The van der Waals surface area contributed by atoms with E-state index in [0.717, 1.165) is 112 Å². The van der Waals surface area contributed by atoms with Gasteiger partial charge in [-0.1, -0.05) is 6.07 Å². The van der Waals surface area contributed by atoms with E-state index in [1.807, 2.05) is 0 Å². The van der Waals surface area contributed by atoms with Crippen LogP contribution in [0, 0.1) is 0 Å². The Hall–Kier alpha value is -3.17. The van der Waals surface area contributed by atoms with Gasteiger partial charge in [0.1, 0.15) is 22.9 Å². The van der Waals surface area contributed by atoms with Crippen molar-refractivity contribution < 1.29 is 14.2 Å². The van der Waals surface area contributed by atoms with Crippen molar-refractivity contribution in [1.29, 1.82) is 0 Å². The van der Waals surface area contributed by atoms with Crippen molar-refractivity contribution in [3.8, 4) is 5.75 Å². The van der Waals surface area contributed by atoms with E-state index in [2.05, 4.69) is 55.4 Å². The third-order valence-corrected chi connectivity index (χ3v) is 7.29. The Balaban J connectivity index is 1.10. The molecule has 1 N–H and O–H groups in total. The molecule has 9 nitrogen and oxygen atoms in total. The fraction of sp³-hybridized carbons (Fsp3) is 0.519. The maximum absolute atomic E-state index is 6.57. The van der Waals surface area contributed by atoms with Crippen LogP contribution in [-0.4, -0.2) is 79.7 Å². The van der Waals surface area contributed by atoms with Gasteiger partial charge in [0.25, 0.3) is 0 Å². The Labute approximate surface area is 211 Å². The summed E-state index contributed by atoms with van der Waals surface area (Å²) in [6.07, 6.45) is 7.72. The van der Waals surface area contributed by atoms with Crippen molar-refractivity contribution in [2.45, 2.75) is 37.8 Å². The molecule has 4 heterocycles. The van der Waals surface area contributed by atoms with Crippen molar-refractivity contribution in [2.75, 3.05) is 67.7 Å². The first-order valence-corrected chi connectivity index (χ1v) is 13.1. The SMILES string of the molecule is c1cc(N[C@H]2CC[C@@H](Oc3cc(N4CCOCC4)cc4nccnc34)CC2)nc(N2CCOCC2)c1. The van der Waals surface area contributed by atoms with Crippen molar-refractivity contribution in [3.63, 3.8) is 0 Å². The number of fused-ring (bicyclic) bond motifs is 1. The van der Waals surface area contributed by atoms with Gasteiger partial charge in [0.05, 0.1) is 38.0 Å². The zero-order valence-electron chi connectivity index (χ0n) is 20.6. The summed E-state index contributed by atoms with van der Waals surface area (Å²) in [6.45, 7) is 6.56. The lowest BCUT2D eigenvalue weighted by Crippen LogP contribution is -2.37. The Bertz CT molecular complexity index is 1160. The average Bonchev–Trinajstić information content (AvgIpc) is 2.95. The van der Waals surface area contributed by atoms with Gasteiger partial charge in [0, 0.05) is 56.4 Å². The summed E-state index contributed by atoms with van der Waals surface area (Å²) in [5.74, 6) is 2.80. The zero-order chi connectivity index (χ0) is 24.2. The summed E-state index contributed by atoms with van der Waals surface area (Å²) in [4.78, 5) is 18.6. The van der Waals surface area contributed by atoms with Crippen LogP contribution in [0.5, 0.6) is 5.75 Å². The first-order chi connectivity index (χ1) is 17.8. The van der Waals surface area contributed by atoms with Crippen molar-refractivity contribution in [3.05, 3.63) is 42.7 Å². The predicted octanol–water partition coefficient (Wildman–Crippen LogP) is 3.50. The van der Waals surface area contributed by atoms with Crippen LogP contribution in [0.1, 0.15) is 25.7 Å². The lowest BCUT2D eigenvalue weighted by Gasteiger charge is -2.32. The highest BCUT2D eigenvalue weighted by Gasteiger charge is 2.25. The molecule has 2 saturated heterocycles. The summed E-state index contributed by atoms with van der Waals surface area (Å²) in [5.41, 5.74) is 2.83. The topological polar surface area (TPSA) is 84.9 Å². The highest BCUT2D eigenvalue weighted by molar-refractivity contribution is 5.85. The summed E-state index contributed by atoms with van der Waals surface area (Å²) < 4.78 is 17.6. The number of benzene rings is 1. The first-order valence-electron chi connectivity index (χ1n) is 13.1. The lowest BCUT2D eigenvalue weighted by atomic mass is 9.93. The third kappa shape index (κ3) is 5.32. The van der Waals surface area contributed by atoms with Gasteiger partial charge in [0.15, 0.2) is 0 Å². The summed E-state index contributed by atoms with van der Waals surface area (Å²) >= 11 is 0. The zero-order valence-corrected chi connectivity index (χ0v) is 20.6. The van der Waals surface area contributed by atoms with Crippen molar-refractivity contribution in [2.24, 2.45) is 0 Å². The number of anilines is 3. The number of morpholine rings is 2.